The molecule has 2 aromatic carbocycles. The van der Waals surface area contributed by atoms with Crippen molar-refractivity contribution in [1.29, 1.82) is 0 Å². The molecule has 0 bridgehead atoms. The molecule has 2 aromatic rings. The number of fused-ring (bicyclic) bond motifs is 1. The van der Waals surface area contributed by atoms with E-state index in [0.717, 1.165) is 62.2 Å². The Hall–Kier alpha value is -2.53. The summed E-state index contributed by atoms with van der Waals surface area (Å²) in [7, 11) is 0. The Bertz CT molecular complexity index is 815. The molecule has 1 amide bonds. The van der Waals surface area contributed by atoms with Crippen molar-refractivity contribution in [3.8, 4) is 11.5 Å². The summed E-state index contributed by atoms with van der Waals surface area (Å²) < 4.78 is 5.79. The van der Waals surface area contributed by atoms with Gasteiger partial charge in [0.05, 0.1) is 6.61 Å². The number of amides is 1. The molecule has 1 fully saturated rings. The second kappa shape index (κ2) is 8.65. The summed E-state index contributed by atoms with van der Waals surface area (Å²) in [6, 6.07) is 15.7. The monoisotopic (exact) mass is 380 g/mol. The largest absolute Gasteiger partial charge is 0.508 e. The summed E-state index contributed by atoms with van der Waals surface area (Å²) in [4.78, 5) is 15.2. The predicted molar refractivity (Wildman–Crippen MR) is 108 cm³/mol. The molecule has 5 nitrogen and oxygen atoms in total. The molecule has 4 rings (SSSR count). The van der Waals surface area contributed by atoms with Gasteiger partial charge in [0.2, 0.25) is 5.91 Å². The number of nitrogens with one attached hydrogen (secondary N) is 1. The summed E-state index contributed by atoms with van der Waals surface area (Å²) in [5.41, 5.74) is 2.25. The zero-order chi connectivity index (χ0) is 19.3. The van der Waals surface area contributed by atoms with E-state index in [1.165, 1.54) is 0 Å². The van der Waals surface area contributed by atoms with Crippen molar-refractivity contribution in [2.24, 2.45) is 5.92 Å². The van der Waals surface area contributed by atoms with E-state index in [2.05, 4.69) is 16.3 Å². The lowest BCUT2D eigenvalue weighted by atomic mass is 9.95. The van der Waals surface area contributed by atoms with Crippen molar-refractivity contribution in [1.82, 2.24) is 10.2 Å². The summed E-state index contributed by atoms with van der Waals surface area (Å²) in [6.07, 6.45) is 3.43. The molecule has 0 aromatic heterocycles. The molecule has 0 radical (unpaired) electrons. The number of para-hydroxylation sites is 1. The highest BCUT2D eigenvalue weighted by atomic mass is 16.5. The molecule has 0 unspecified atom stereocenters. The van der Waals surface area contributed by atoms with E-state index < -0.39 is 0 Å². The zero-order valence-electron chi connectivity index (χ0n) is 16.1. The van der Waals surface area contributed by atoms with E-state index in [4.69, 9.17) is 4.74 Å². The smallest absolute Gasteiger partial charge is 0.223 e. The fourth-order valence-corrected chi connectivity index (χ4v) is 4.18. The van der Waals surface area contributed by atoms with Crippen LogP contribution in [0, 0.1) is 5.92 Å². The van der Waals surface area contributed by atoms with Crippen molar-refractivity contribution in [3.63, 3.8) is 0 Å². The second-order valence-corrected chi connectivity index (χ2v) is 7.87. The highest BCUT2D eigenvalue weighted by Gasteiger charge is 2.27. The first kappa shape index (κ1) is 18.8. The van der Waals surface area contributed by atoms with Crippen LogP contribution in [0.4, 0.5) is 0 Å². The Morgan fingerprint density at radius 3 is 2.75 bits per heavy atom. The van der Waals surface area contributed by atoms with Gasteiger partial charge >= 0.3 is 0 Å². The summed E-state index contributed by atoms with van der Waals surface area (Å²) in [6.45, 7) is 3.34. The topological polar surface area (TPSA) is 61.8 Å². The van der Waals surface area contributed by atoms with Crippen LogP contribution in [-0.4, -0.2) is 41.7 Å². The number of phenolic OH excluding ortho intramolecular Hbond substituents is 1. The number of benzene rings is 2. The molecular formula is C23H28N2O3. The van der Waals surface area contributed by atoms with Crippen molar-refractivity contribution in [2.75, 3.05) is 19.7 Å². The molecule has 2 heterocycles. The molecule has 148 valence electrons. The molecule has 5 heteroatoms. The van der Waals surface area contributed by atoms with Gasteiger partial charge < -0.3 is 15.2 Å². The average Bonchev–Trinajstić information content (AvgIpc) is 2.92. The lowest BCUT2D eigenvalue weighted by Gasteiger charge is -2.33. The first-order chi connectivity index (χ1) is 13.7. The third-order valence-corrected chi connectivity index (χ3v) is 5.78. The minimum absolute atomic E-state index is 0.0195. The van der Waals surface area contributed by atoms with Gasteiger partial charge in [-0.25, -0.2) is 0 Å². The number of carbonyl (C=O) groups excluding carboxylic acids is 1. The van der Waals surface area contributed by atoms with E-state index >= 15 is 0 Å². The predicted octanol–water partition coefficient (Wildman–Crippen LogP) is 3.11. The molecule has 2 aliphatic rings. The molecular weight excluding hydrogens is 352 g/mol. The Labute approximate surface area is 166 Å². The zero-order valence-corrected chi connectivity index (χ0v) is 16.1. The number of aromatic hydroxyl groups is 1. The maximum atomic E-state index is 12.8. The van der Waals surface area contributed by atoms with Crippen molar-refractivity contribution >= 4 is 5.91 Å². The third-order valence-electron chi connectivity index (χ3n) is 5.78. The lowest BCUT2D eigenvalue weighted by Crippen LogP contribution is -2.46. The fourth-order valence-electron chi connectivity index (χ4n) is 4.18. The van der Waals surface area contributed by atoms with Crippen LogP contribution >= 0.6 is 0 Å². The Balaban J connectivity index is 1.27. The number of nitrogens with zero attached hydrogens (tertiary/aromatic N) is 1. The molecule has 2 N–H and O–H groups in total. The van der Waals surface area contributed by atoms with Crippen LogP contribution in [-0.2, 0) is 17.8 Å². The highest BCUT2D eigenvalue weighted by molar-refractivity contribution is 5.79. The lowest BCUT2D eigenvalue weighted by molar-refractivity contribution is -0.126. The number of phenols is 1. The van der Waals surface area contributed by atoms with Gasteiger partial charge in [-0.15, -0.1) is 0 Å². The Morgan fingerprint density at radius 1 is 1.11 bits per heavy atom. The van der Waals surface area contributed by atoms with Gasteiger partial charge in [0, 0.05) is 31.6 Å². The number of hydrogen-bond acceptors (Lipinski definition) is 4. The standard InChI is InChI=1S/C23H28N2O3/c26-21-6-3-4-17(14-21)16-25-11-8-20(9-12-25)24-23(27)19-10-13-28-22-7-2-1-5-18(22)15-19/h1-7,14,19-20,26H,8-13,15-16H2,(H,24,27)/t19-/m0/s1. The van der Waals surface area contributed by atoms with Crippen LogP contribution in [0.1, 0.15) is 30.4 Å². The number of likely N-dealkylation sites (tertiary alicyclic amines) is 1. The quantitative estimate of drug-likeness (QED) is 0.856. The highest BCUT2D eigenvalue weighted by Crippen LogP contribution is 2.27. The molecule has 1 saturated heterocycles. The van der Waals surface area contributed by atoms with Crippen molar-refractivity contribution < 1.29 is 14.6 Å². The summed E-state index contributed by atoms with van der Waals surface area (Å²) >= 11 is 0. The van der Waals surface area contributed by atoms with Crippen LogP contribution in [0.3, 0.4) is 0 Å². The van der Waals surface area contributed by atoms with Gasteiger partial charge in [-0.05, 0) is 55.0 Å². The molecule has 28 heavy (non-hydrogen) atoms. The molecule has 0 spiro atoms. The van der Waals surface area contributed by atoms with Crippen LogP contribution in [0.15, 0.2) is 48.5 Å². The molecule has 1 atom stereocenters. The number of piperidine rings is 1. The minimum Gasteiger partial charge on any atom is -0.508 e. The summed E-state index contributed by atoms with van der Waals surface area (Å²) in [5, 5.41) is 12.9. The van der Waals surface area contributed by atoms with Crippen LogP contribution in [0.25, 0.3) is 0 Å². The molecule has 0 aliphatic carbocycles. The maximum Gasteiger partial charge on any atom is 0.223 e. The SMILES string of the molecule is O=C(NC1CCN(Cc2cccc(O)c2)CC1)[C@H]1CCOc2ccccc2C1. The van der Waals surface area contributed by atoms with Crippen molar-refractivity contribution in [2.45, 2.75) is 38.3 Å². The van der Waals surface area contributed by atoms with Gasteiger partial charge in [0.25, 0.3) is 0 Å². The number of rotatable bonds is 4. The third kappa shape index (κ3) is 4.65. The van der Waals surface area contributed by atoms with Gasteiger partial charge in [-0.2, -0.15) is 0 Å². The van der Waals surface area contributed by atoms with E-state index in [-0.39, 0.29) is 17.9 Å². The number of hydrogen-bond donors (Lipinski definition) is 2. The van der Waals surface area contributed by atoms with Crippen LogP contribution in [0.2, 0.25) is 0 Å². The van der Waals surface area contributed by atoms with Gasteiger partial charge in [0.1, 0.15) is 11.5 Å². The van der Waals surface area contributed by atoms with Gasteiger partial charge in [-0.1, -0.05) is 30.3 Å². The first-order valence-corrected chi connectivity index (χ1v) is 10.2. The first-order valence-electron chi connectivity index (χ1n) is 10.2. The normalized spacial score (nSPS) is 20.6. The molecule has 2 aliphatic heterocycles. The number of carbonyl (C=O) groups is 1. The van der Waals surface area contributed by atoms with E-state index in [9.17, 15) is 9.90 Å². The van der Waals surface area contributed by atoms with E-state index in [0.29, 0.717) is 12.4 Å². The maximum absolute atomic E-state index is 12.8. The van der Waals surface area contributed by atoms with Crippen molar-refractivity contribution in [3.05, 3.63) is 59.7 Å². The Kier molecular flexibility index (Phi) is 5.81. The minimum atomic E-state index is -0.0195. The molecule has 0 saturated carbocycles. The van der Waals surface area contributed by atoms with Gasteiger partial charge in [0.15, 0.2) is 0 Å². The number of ether oxygens (including phenoxy) is 1. The van der Waals surface area contributed by atoms with E-state index in [1.807, 2.05) is 36.4 Å². The van der Waals surface area contributed by atoms with Crippen LogP contribution < -0.4 is 10.1 Å². The fraction of sp³-hybridized carbons (Fsp3) is 0.435. The average molecular weight is 380 g/mol. The van der Waals surface area contributed by atoms with Gasteiger partial charge in [-0.3, -0.25) is 9.69 Å². The van der Waals surface area contributed by atoms with E-state index in [1.54, 1.807) is 6.07 Å². The second-order valence-electron chi connectivity index (χ2n) is 7.87. The summed E-state index contributed by atoms with van der Waals surface area (Å²) in [5.74, 6) is 1.37. The Morgan fingerprint density at radius 2 is 1.93 bits per heavy atom. The van der Waals surface area contributed by atoms with Crippen LogP contribution in [0.5, 0.6) is 11.5 Å².